The second-order valence-corrected chi connectivity index (χ2v) is 5.15. The molecule has 2 heterocycles. The quantitative estimate of drug-likeness (QED) is 0.719. The molecule has 128 valence electrons. The summed E-state index contributed by atoms with van der Waals surface area (Å²) in [6.07, 6.45) is 2.98. The van der Waals surface area contributed by atoms with Crippen molar-refractivity contribution in [3.8, 4) is 5.75 Å². The summed E-state index contributed by atoms with van der Waals surface area (Å²) < 4.78 is 23.7. The fraction of sp³-hybridized carbons (Fsp3) is 0.111. The van der Waals surface area contributed by atoms with Gasteiger partial charge >= 0.3 is 0 Å². The number of rotatable bonds is 6. The van der Waals surface area contributed by atoms with E-state index in [1.54, 1.807) is 12.1 Å². The van der Waals surface area contributed by atoms with Gasteiger partial charge in [-0.05, 0) is 42.5 Å². The zero-order chi connectivity index (χ0) is 17.6. The van der Waals surface area contributed by atoms with Gasteiger partial charge in [-0.2, -0.15) is 0 Å². The first-order chi connectivity index (χ1) is 12.2. The Morgan fingerprint density at radius 2 is 2.00 bits per heavy atom. The average Bonchev–Trinajstić information content (AvgIpc) is 3.11. The van der Waals surface area contributed by atoms with Gasteiger partial charge in [0, 0.05) is 11.8 Å². The van der Waals surface area contributed by atoms with Crippen LogP contribution in [0.15, 0.2) is 59.3 Å². The van der Waals surface area contributed by atoms with Gasteiger partial charge in [0.05, 0.1) is 18.5 Å². The van der Waals surface area contributed by atoms with Crippen LogP contribution in [0.4, 0.5) is 10.1 Å². The third kappa shape index (κ3) is 4.21. The van der Waals surface area contributed by atoms with E-state index < -0.39 is 5.91 Å². The van der Waals surface area contributed by atoms with Gasteiger partial charge in [0.1, 0.15) is 23.9 Å². The summed E-state index contributed by atoms with van der Waals surface area (Å²) in [7, 11) is 0. The van der Waals surface area contributed by atoms with Crippen LogP contribution in [0, 0.1) is 5.82 Å². The molecule has 0 aliphatic rings. The summed E-state index contributed by atoms with van der Waals surface area (Å²) in [6.45, 7) is -0.110. The molecule has 1 amide bonds. The Labute approximate surface area is 142 Å². The summed E-state index contributed by atoms with van der Waals surface area (Å²) >= 11 is 0. The Morgan fingerprint density at radius 3 is 2.76 bits per heavy atom. The monoisotopic (exact) mass is 342 g/mol. The van der Waals surface area contributed by atoms with E-state index in [0.29, 0.717) is 22.8 Å². The Balaban J connectivity index is 1.62. The number of furan rings is 1. The Bertz CT molecular complexity index is 862. The minimum absolute atomic E-state index is 0.102. The van der Waals surface area contributed by atoms with Crippen LogP contribution in [-0.2, 0) is 13.2 Å². The lowest BCUT2D eigenvalue weighted by Gasteiger charge is -2.07. The van der Waals surface area contributed by atoms with Crippen molar-refractivity contribution < 1.29 is 23.4 Å². The normalized spacial score (nSPS) is 10.5. The zero-order valence-electron chi connectivity index (χ0n) is 13.1. The van der Waals surface area contributed by atoms with E-state index in [4.69, 9.17) is 9.15 Å². The van der Waals surface area contributed by atoms with Crippen LogP contribution in [0.5, 0.6) is 5.75 Å². The molecule has 3 aromatic rings. The maximum atomic E-state index is 12.8. The highest BCUT2D eigenvalue weighted by Crippen LogP contribution is 2.18. The number of carbonyl (C=O) groups excluding carboxylic acids is 1. The van der Waals surface area contributed by atoms with E-state index in [2.05, 4.69) is 10.3 Å². The van der Waals surface area contributed by atoms with Crippen molar-refractivity contribution in [3.63, 3.8) is 0 Å². The fourth-order valence-electron chi connectivity index (χ4n) is 2.12. The van der Waals surface area contributed by atoms with Gasteiger partial charge < -0.3 is 19.6 Å². The number of aliphatic hydroxyl groups excluding tert-OH is 1. The van der Waals surface area contributed by atoms with E-state index >= 15 is 0 Å². The Morgan fingerprint density at radius 1 is 1.20 bits per heavy atom. The third-order valence-electron chi connectivity index (χ3n) is 3.41. The summed E-state index contributed by atoms with van der Waals surface area (Å²) in [6, 6.07) is 10.4. The standard InChI is InChI=1S/C18H15FN2O4/c19-13-1-3-14(4-2-13)24-11-15-5-6-17(25-15)18(23)21-16-9-20-8-7-12(16)10-22/h1-9,22H,10-11H2,(H,21,23). The largest absolute Gasteiger partial charge is 0.486 e. The number of nitrogens with zero attached hydrogens (tertiary/aromatic N) is 1. The predicted octanol–water partition coefficient (Wildman–Crippen LogP) is 3.14. The van der Waals surface area contributed by atoms with E-state index in [1.165, 1.54) is 42.7 Å². The summed E-state index contributed by atoms with van der Waals surface area (Å²) in [5.74, 6) is 0.234. The molecule has 25 heavy (non-hydrogen) atoms. The molecule has 0 fully saturated rings. The number of amides is 1. The molecule has 6 nitrogen and oxygen atoms in total. The highest BCUT2D eigenvalue weighted by Gasteiger charge is 2.13. The lowest BCUT2D eigenvalue weighted by Crippen LogP contribution is -2.12. The van der Waals surface area contributed by atoms with Crippen molar-refractivity contribution in [2.24, 2.45) is 0 Å². The maximum Gasteiger partial charge on any atom is 0.291 e. The molecule has 0 aliphatic carbocycles. The number of halogens is 1. The minimum Gasteiger partial charge on any atom is -0.486 e. The Kier molecular flexibility index (Phi) is 5.06. The van der Waals surface area contributed by atoms with Gasteiger partial charge in [-0.25, -0.2) is 4.39 Å². The van der Waals surface area contributed by atoms with Crippen molar-refractivity contribution in [1.29, 1.82) is 0 Å². The van der Waals surface area contributed by atoms with E-state index in [1.807, 2.05) is 0 Å². The molecule has 0 radical (unpaired) electrons. The molecule has 0 saturated heterocycles. The van der Waals surface area contributed by atoms with Gasteiger partial charge in [-0.3, -0.25) is 9.78 Å². The fourth-order valence-corrected chi connectivity index (χ4v) is 2.12. The molecule has 0 unspecified atom stereocenters. The van der Waals surface area contributed by atoms with Crippen molar-refractivity contribution in [3.05, 3.63) is 77.8 Å². The summed E-state index contributed by atoms with van der Waals surface area (Å²) in [4.78, 5) is 16.1. The van der Waals surface area contributed by atoms with Gasteiger partial charge in [0.25, 0.3) is 5.91 Å². The predicted molar refractivity (Wildman–Crippen MR) is 87.6 cm³/mol. The van der Waals surface area contributed by atoms with Crippen molar-refractivity contribution in [2.75, 3.05) is 5.32 Å². The number of ether oxygens (including phenoxy) is 1. The number of aromatic nitrogens is 1. The smallest absolute Gasteiger partial charge is 0.291 e. The average molecular weight is 342 g/mol. The molecule has 0 atom stereocenters. The van der Waals surface area contributed by atoms with Crippen LogP contribution < -0.4 is 10.1 Å². The second-order valence-electron chi connectivity index (χ2n) is 5.15. The van der Waals surface area contributed by atoms with Crippen LogP contribution in [0.25, 0.3) is 0 Å². The maximum absolute atomic E-state index is 12.8. The van der Waals surface area contributed by atoms with E-state index in [9.17, 15) is 14.3 Å². The van der Waals surface area contributed by atoms with Gasteiger partial charge in [0.2, 0.25) is 0 Å². The van der Waals surface area contributed by atoms with E-state index in [-0.39, 0.29) is 24.8 Å². The number of carbonyl (C=O) groups is 1. The van der Waals surface area contributed by atoms with Crippen molar-refractivity contribution in [2.45, 2.75) is 13.2 Å². The molecule has 0 spiro atoms. The number of aliphatic hydroxyl groups is 1. The highest BCUT2D eigenvalue weighted by atomic mass is 19.1. The molecular weight excluding hydrogens is 327 g/mol. The van der Waals surface area contributed by atoms with Gasteiger partial charge in [0.15, 0.2) is 5.76 Å². The minimum atomic E-state index is -0.462. The summed E-state index contributed by atoms with van der Waals surface area (Å²) in [5.41, 5.74) is 0.963. The number of nitrogens with one attached hydrogen (secondary N) is 1. The number of anilines is 1. The van der Waals surface area contributed by atoms with Gasteiger partial charge in [-0.15, -0.1) is 0 Å². The molecule has 0 aliphatic heterocycles. The van der Waals surface area contributed by atoms with E-state index in [0.717, 1.165) is 0 Å². The molecule has 3 rings (SSSR count). The lowest BCUT2D eigenvalue weighted by molar-refractivity contribution is 0.0992. The zero-order valence-corrected chi connectivity index (χ0v) is 13.1. The van der Waals surface area contributed by atoms with Crippen molar-refractivity contribution >= 4 is 11.6 Å². The Hall–Kier alpha value is -3.19. The van der Waals surface area contributed by atoms with Crippen LogP contribution in [0.2, 0.25) is 0 Å². The third-order valence-corrected chi connectivity index (χ3v) is 3.41. The molecular formula is C18H15FN2O4. The number of benzene rings is 1. The molecule has 2 aromatic heterocycles. The molecule has 1 aromatic carbocycles. The van der Waals surface area contributed by atoms with Gasteiger partial charge in [-0.1, -0.05) is 0 Å². The highest BCUT2D eigenvalue weighted by molar-refractivity contribution is 6.02. The van der Waals surface area contributed by atoms with Crippen LogP contribution in [0.1, 0.15) is 21.9 Å². The molecule has 0 bridgehead atoms. The number of hydrogen-bond acceptors (Lipinski definition) is 5. The topological polar surface area (TPSA) is 84.6 Å². The SMILES string of the molecule is O=C(Nc1cnccc1CO)c1ccc(COc2ccc(F)cc2)o1. The molecule has 7 heteroatoms. The number of pyridine rings is 1. The second kappa shape index (κ2) is 7.59. The summed E-state index contributed by atoms with van der Waals surface area (Å²) in [5, 5.41) is 11.9. The number of hydrogen-bond donors (Lipinski definition) is 2. The first kappa shape index (κ1) is 16.7. The first-order valence-corrected chi connectivity index (χ1v) is 7.48. The lowest BCUT2D eigenvalue weighted by atomic mass is 10.2. The van der Waals surface area contributed by atoms with Crippen LogP contribution in [0.3, 0.4) is 0 Å². The molecule has 2 N–H and O–H groups in total. The first-order valence-electron chi connectivity index (χ1n) is 7.48. The van der Waals surface area contributed by atoms with Crippen molar-refractivity contribution in [1.82, 2.24) is 4.98 Å². The molecule has 0 saturated carbocycles. The van der Waals surface area contributed by atoms with Crippen LogP contribution in [-0.4, -0.2) is 16.0 Å². The van der Waals surface area contributed by atoms with Crippen LogP contribution >= 0.6 is 0 Å².